The van der Waals surface area contributed by atoms with Crippen LogP contribution in [0.25, 0.3) is 0 Å². The summed E-state index contributed by atoms with van der Waals surface area (Å²) in [5, 5.41) is 5.02. The molecule has 0 aromatic heterocycles. The van der Waals surface area contributed by atoms with E-state index in [1.54, 1.807) is 6.07 Å². The van der Waals surface area contributed by atoms with Crippen LogP contribution < -0.4 is 9.88 Å². The predicted molar refractivity (Wildman–Crippen MR) is 59.8 cm³/mol. The number of rotatable bonds is 2. The molecule has 0 saturated heterocycles. The van der Waals surface area contributed by atoms with Gasteiger partial charge in [-0.3, -0.25) is 0 Å². The van der Waals surface area contributed by atoms with Crippen LogP contribution in [0.15, 0.2) is 26.0 Å². The summed E-state index contributed by atoms with van der Waals surface area (Å²) in [6, 6.07) is 2.99. The van der Waals surface area contributed by atoms with Gasteiger partial charge in [0.05, 0.1) is 11.6 Å². The van der Waals surface area contributed by atoms with E-state index in [0.717, 1.165) is 0 Å². The molecule has 0 atom stereocenters. The maximum atomic E-state index is 11.1. The van der Waals surface area contributed by atoms with Gasteiger partial charge in [0.25, 0.3) is 0 Å². The number of nitrogens with two attached hydrogens (primary N) is 1. The first-order chi connectivity index (χ1) is 6.36. The van der Waals surface area contributed by atoms with Crippen molar-refractivity contribution in [3.05, 3.63) is 21.1 Å². The number of primary sulfonamides is 1. The van der Waals surface area contributed by atoms with E-state index in [0.29, 0.717) is 14.7 Å². The second-order valence-electron chi connectivity index (χ2n) is 2.47. The number of halogens is 2. The van der Waals surface area contributed by atoms with E-state index in [1.165, 1.54) is 13.2 Å². The van der Waals surface area contributed by atoms with Crippen molar-refractivity contribution in [3.63, 3.8) is 0 Å². The topological polar surface area (TPSA) is 69.4 Å². The number of sulfonamides is 1. The Hall–Kier alpha value is -0.110. The van der Waals surface area contributed by atoms with Crippen LogP contribution in [0.1, 0.15) is 0 Å². The van der Waals surface area contributed by atoms with Crippen molar-refractivity contribution >= 4 is 41.9 Å². The SMILES string of the molecule is COc1cc(Br)c(Br)c(S(N)(=O)=O)c1. The molecule has 0 unspecified atom stereocenters. The third-order valence-electron chi connectivity index (χ3n) is 1.51. The summed E-state index contributed by atoms with van der Waals surface area (Å²) >= 11 is 6.30. The van der Waals surface area contributed by atoms with Crippen molar-refractivity contribution < 1.29 is 13.2 Å². The molecule has 4 nitrogen and oxygen atoms in total. The maximum Gasteiger partial charge on any atom is 0.239 e. The zero-order valence-corrected chi connectivity index (χ0v) is 11.1. The summed E-state index contributed by atoms with van der Waals surface area (Å²) in [5.74, 6) is 0.420. The largest absolute Gasteiger partial charge is 0.497 e. The lowest BCUT2D eigenvalue weighted by molar-refractivity contribution is 0.413. The van der Waals surface area contributed by atoms with Crippen LogP contribution in [0.5, 0.6) is 5.75 Å². The molecule has 0 bridgehead atoms. The molecule has 14 heavy (non-hydrogen) atoms. The molecule has 0 aliphatic carbocycles. The Balaban J connectivity index is 3.51. The normalized spacial score (nSPS) is 11.4. The van der Waals surface area contributed by atoms with Crippen LogP contribution in [0, 0.1) is 0 Å². The third-order valence-corrected chi connectivity index (χ3v) is 4.72. The quantitative estimate of drug-likeness (QED) is 0.890. The number of hydrogen-bond donors (Lipinski definition) is 1. The van der Waals surface area contributed by atoms with Crippen LogP contribution in [0.3, 0.4) is 0 Å². The molecular weight excluding hydrogens is 338 g/mol. The highest BCUT2D eigenvalue weighted by Gasteiger charge is 2.16. The van der Waals surface area contributed by atoms with E-state index in [-0.39, 0.29) is 4.90 Å². The minimum Gasteiger partial charge on any atom is -0.497 e. The summed E-state index contributed by atoms with van der Waals surface area (Å²) in [6.45, 7) is 0. The molecule has 0 fully saturated rings. The molecule has 2 N–H and O–H groups in total. The highest BCUT2D eigenvalue weighted by atomic mass is 79.9. The first-order valence-electron chi connectivity index (χ1n) is 3.42. The second-order valence-corrected chi connectivity index (χ2v) is 5.64. The first-order valence-corrected chi connectivity index (χ1v) is 6.55. The molecule has 0 heterocycles. The molecule has 1 aromatic carbocycles. The van der Waals surface area contributed by atoms with Crippen LogP contribution in [-0.2, 0) is 10.0 Å². The van der Waals surface area contributed by atoms with Crippen molar-refractivity contribution in [2.45, 2.75) is 4.90 Å². The Labute approximate surface area is 98.7 Å². The predicted octanol–water partition coefficient (Wildman–Crippen LogP) is 1.87. The minimum atomic E-state index is -3.75. The van der Waals surface area contributed by atoms with Gasteiger partial charge in [-0.2, -0.15) is 0 Å². The van der Waals surface area contributed by atoms with E-state index in [1.807, 2.05) is 0 Å². The standard InChI is InChI=1S/C7H7Br2NO3S/c1-13-4-2-5(8)7(9)6(3-4)14(10,11)12/h2-3H,1H3,(H2,10,11,12). The summed E-state index contributed by atoms with van der Waals surface area (Å²) in [4.78, 5) is -0.0104. The van der Waals surface area contributed by atoms with Crippen molar-refractivity contribution in [1.29, 1.82) is 0 Å². The summed E-state index contributed by atoms with van der Waals surface area (Å²) in [7, 11) is -2.30. The Morgan fingerprint density at radius 2 is 1.93 bits per heavy atom. The van der Waals surface area contributed by atoms with Crippen molar-refractivity contribution in [2.24, 2.45) is 5.14 Å². The van der Waals surface area contributed by atoms with Crippen LogP contribution in [0.2, 0.25) is 0 Å². The Morgan fingerprint density at radius 1 is 1.36 bits per heavy atom. The highest BCUT2D eigenvalue weighted by Crippen LogP contribution is 2.33. The van der Waals surface area contributed by atoms with Gasteiger partial charge < -0.3 is 4.74 Å². The third kappa shape index (κ3) is 2.47. The van der Waals surface area contributed by atoms with Crippen molar-refractivity contribution in [2.75, 3.05) is 7.11 Å². The van der Waals surface area contributed by atoms with E-state index in [2.05, 4.69) is 31.9 Å². The molecule has 0 radical (unpaired) electrons. The summed E-state index contributed by atoms with van der Waals surface area (Å²) in [5.41, 5.74) is 0. The zero-order chi connectivity index (χ0) is 10.9. The van der Waals surface area contributed by atoms with Crippen LogP contribution in [-0.4, -0.2) is 15.5 Å². The fourth-order valence-electron chi connectivity index (χ4n) is 0.865. The van der Waals surface area contributed by atoms with Gasteiger partial charge in [0.15, 0.2) is 0 Å². The van der Waals surface area contributed by atoms with Gasteiger partial charge in [-0.15, -0.1) is 0 Å². The van der Waals surface area contributed by atoms with Gasteiger partial charge in [-0.25, -0.2) is 13.6 Å². The monoisotopic (exact) mass is 343 g/mol. The fraction of sp³-hybridized carbons (Fsp3) is 0.143. The number of ether oxygens (including phenoxy) is 1. The van der Waals surface area contributed by atoms with Gasteiger partial charge in [-0.1, -0.05) is 0 Å². The van der Waals surface area contributed by atoms with Gasteiger partial charge in [0.1, 0.15) is 10.6 Å². The first kappa shape index (κ1) is 12.0. The highest BCUT2D eigenvalue weighted by molar-refractivity contribution is 9.13. The summed E-state index contributed by atoms with van der Waals surface area (Å²) in [6.07, 6.45) is 0. The molecule has 1 aromatic rings. The smallest absolute Gasteiger partial charge is 0.239 e. The molecule has 0 saturated carbocycles. The van der Waals surface area contributed by atoms with E-state index < -0.39 is 10.0 Å². The summed E-state index contributed by atoms with van der Waals surface area (Å²) < 4.78 is 28.2. The van der Waals surface area contributed by atoms with Crippen LogP contribution in [0.4, 0.5) is 0 Å². The molecular formula is C7H7Br2NO3S. The lowest BCUT2D eigenvalue weighted by atomic mass is 10.3. The van der Waals surface area contributed by atoms with Gasteiger partial charge >= 0.3 is 0 Å². The van der Waals surface area contributed by atoms with Gasteiger partial charge in [0, 0.05) is 10.5 Å². The average Bonchev–Trinajstić information content (AvgIpc) is 2.07. The molecule has 7 heteroatoms. The van der Waals surface area contributed by atoms with Gasteiger partial charge in [0.2, 0.25) is 10.0 Å². The average molecular weight is 345 g/mol. The Bertz CT molecular complexity index is 458. The molecule has 0 amide bonds. The Morgan fingerprint density at radius 3 is 2.36 bits per heavy atom. The molecule has 0 spiro atoms. The number of benzene rings is 1. The molecule has 1 rings (SSSR count). The molecule has 78 valence electrons. The van der Waals surface area contributed by atoms with Crippen LogP contribution >= 0.6 is 31.9 Å². The molecule has 0 aliphatic rings. The zero-order valence-electron chi connectivity index (χ0n) is 7.12. The Kier molecular flexibility index (Phi) is 3.57. The van der Waals surface area contributed by atoms with E-state index in [4.69, 9.17) is 9.88 Å². The van der Waals surface area contributed by atoms with Crippen molar-refractivity contribution in [3.8, 4) is 5.75 Å². The second kappa shape index (κ2) is 4.18. The lowest BCUT2D eigenvalue weighted by Crippen LogP contribution is -2.13. The number of hydrogen-bond acceptors (Lipinski definition) is 3. The van der Waals surface area contributed by atoms with Crippen molar-refractivity contribution in [1.82, 2.24) is 0 Å². The minimum absolute atomic E-state index is 0.0104. The fourth-order valence-corrected chi connectivity index (χ4v) is 2.98. The maximum absolute atomic E-state index is 11.1. The van der Waals surface area contributed by atoms with Gasteiger partial charge in [-0.05, 0) is 37.9 Å². The van der Waals surface area contributed by atoms with E-state index >= 15 is 0 Å². The number of methoxy groups -OCH3 is 1. The lowest BCUT2D eigenvalue weighted by Gasteiger charge is -2.07. The molecule has 0 aliphatic heterocycles. The van der Waals surface area contributed by atoms with E-state index in [9.17, 15) is 8.42 Å².